The quantitative estimate of drug-likeness (QED) is 0.698. The molecule has 1 N–H and O–H groups in total. The second kappa shape index (κ2) is 5.51. The van der Waals surface area contributed by atoms with E-state index in [0.29, 0.717) is 12.1 Å². The molecule has 0 unspecified atom stereocenters. The van der Waals surface area contributed by atoms with Crippen molar-refractivity contribution < 1.29 is 22.9 Å². The minimum atomic E-state index is -4.89. The first-order chi connectivity index (χ1) is 10.2. The smallest absolute Gasteiger partial charge is 0.347 e. The van der Waals surface area contributed by atoms with Gasteiger partial charge in [0, 0.05) is 25.0 Å². The molecule has 116 valence electrons. The Morgan fingerprint density at radius 3 is 2.50 bits per heavy atom. The van der Waals surface area contributed by atoms with Gasteiger partial charge < -0.3 is 9.88 Å². The van der Waals surface area contributed by atoms with Crippen LogP contribution in [-0.4, -0.2) is 15.4 Å². The molecule has 1 aromatic heterocycles. The predicted molar refractivity (Wildman–Crippen MR) is 71.5 cm³/mol. The summed E-state index contributed by atoms with van der Waals surface area (Å²) in [5.41, 5.74) is -2.41. The summed E-state index contributed by atoms with van der Waals surface area (Å²) >= 11 is 0. The van der Waals surface area contributed by atoms with Crippen molar-refractivity contribution in [3.63, 3.8) is 0 Å². The second-order valence-corrected chi connectivity index (χ2v) is 4.45. The minimum absolute atomic E-state index is 0.177. The Hall–Kier alpha value is -2.84. The Balaban J connectivity index is 2.35. The molecule has 0 spiro atoms. The third kappa shape index (κ3) is 3.08. The fourth-order valence-corrected chi connectivity index (χ4v) is 1.89. The number of rotatable bonds is 3. The predicted octanol–water partition coefficient (Wildman–Crippen LogP) is 3.20. The van der Waals surface area contributed by atoms with Crippen LogP contribution in [0.2, 0.25) is 0 Å². The van der Waals surface area contributed by atoms with Crippen LogP contribution in [0, 0.1) is 10.1 Å². The highest BCUT2D eigenvalue weighted by Gasteiger charge is 2.38. The maximum atomic E-state index is 12.8. The molecular weight excluding hydrogens is 303 g/mol. The molecule has 1 heterocycles. The Labute approximate surface area is 122 Å². The van der Waals surface area contributed by atoms with Crippen molar-refractivity contribution in [3.8, 4) is 0 Å². The zero-order chi connectivity index (χ0) is 16.5. The van der Waals surface area contributed by atoms with E-state index >= 15 is 0 Å². The van der Waals surface area contributed by atoms with Crippen LogP contribution in [-0.2, 0) is 13.2 Å². The normalized spacial score (nSPS) is 11.3. The zero-order valence-electron chi connectivity index (χ0n) is 11.2. The lowest BCUT2D eigenvalue weighted by molar-refractivity contribution is -0.388. The number of carbonyl (C=O) groups excluding carboxylic acids is 1. The van der Waals surface area contributed by atoms with Crippen molar-refractivity contribution in [2.45, 2.75) is 6.18 Å². The highest BCUT2D eigenvalue weighted by molar-refractivity contribution is 6.03. The van der Waals surface area contributed by atoms with Crippen LogP contribution in [0.15, 0.2) is 36.5 Å². The van der Waals surface area contributed by atoms with Gasteiger partial charge in [-0.3, -0.25) is 14.9 Å². The first kappa shape index (κ1) is 15.5. The van der Waals surface area contributed by atoms with Gasteiger partial charge in [-0.2, -0.15) is 13.2 Å². The van der Waals surface area contributed by atoms with Gasteiger partial charge in [0.25, 0.3) is 11.6 Å². The van der Waals surface area contributed by atoms with Crippen LogP contribution in [0.5, 0.6) is 0 Å². The molecule has 22 heavy (non-hydrogen) atoms. The van der Waals surface area contributed by atoms with Crippen molar-refractivity contribution in [3.05, 3.63) is 57.9 Å². The number of alkyl halides is 3. The number of halogens is 3. The van der Waals surface area contributed by atoms with Gasteiger partial charge in [-0.1, -0.05) is 0 Å². The highest BCUT2D eigenvalue weighted by Crippen LogP contribution is 2.37. The monoisotopic (exact) mass is 313 g/mol. The standard InChI is InChI=1S/C13H10F3N3O3/c1-18-6-2-3-11(18)12(20)17-8-4-5-10(19(21)22)9(7-8)13(14,15)16/h2-7H,1H3,(H,17,20). The first-order valence-electron chi connectivity index (χ1n) is 5.98. The van der Waals surface area contributed by atoms with E-state index in [4.69, 9.17) is 0 Å². The average Bonchev–Trinajstić information content (AvgIpc) is 2.83. The lowest BCUT2D eigenvalue weighted by atomic mass is 10.1. The van der Waals surface area contributed by atoms with Crippen LogP contribution in [0.4, 0.5) is 24.5 Å². The van der Waals surface area contributed by atoms with Crippen LogP contribution in [0.3, 0.4) is 0 Å². The number of benzene rings is 1. The van der Waals surface area contributed by atoms with Crippen molar-refractivity contribution in [2.24, 2.45) is 7.05 Å². The molecule has 0 atom stereocenters. The molecule has 1 amide bonds. The van der Waals surface area contributed by atoms with Crippen LogP contribution in [0.1, 0.15) is 16.1 Å². The van der Waals surface area contributed by atoms with Crippen LogP contribution in [0.25, 0.3) is 0 Å². The lowest BCUT2D eigenvalue weighted by Gasteiger charge is -2.11. The van der Waals surface area contributed by atoms with E-state index in [9.17, 15) is 28.1 Å². The number of anilines is 1. The van der Waals surface area contributed by atoms with E-state index < -0.39 is 28.3 Å². The third-order valence-corrected chi connectivity index (χ3v) is 2.93. The number of nitro benzene ring substituents is 1. The molecular formula is C13H10F3N3O3. The number of nitrogens with one attached hydrogen (secondary N) is 1. The summed E-state index contributed by atoms with van der Waals surface area (Å²) in [5.74, 6) is -0.616. The molecule has 0 fully saturated rings. The Morgan fingerprint density at radius 2 is 2.00 bits per heavy atom. The van der Waals surface area contributed by atoms with Gasteiger partial charge in [0.15, 0.2) is 0 Å². The van der Waals surface area contributed by atoms with Gasteiger partial charge in [-0.05, 0) is 24.3 Å². The molecule has 0 aliphatic carbocycles. The summed E-state index contributed by atoms with van der Waals surface area (Å²) in [7, 11) is 1.60. The zero-order valence-corrected chi connectivity index (χ0v) is 11.2. The molecule has 0 radical (unpaired) electrons. The topological polar surface area (TPSA) is 77.2 Å². The Morgan fingerprint density at radius 1 is 1.32 bits per heavy atom. The molecule has 6 nitrogen and oxygen atoms in total. The number of aromatic nitrogens is 1. The number of nitrogens with zero attached hydrogens (tertiary/aromatic N) is 2. The summed E-state index contributed by atoms with van der Waals surface area (Å²) < 4.78 is 40.0. The number of amides is 1. The Kier molecular flexibility index (Phi) is 3.89. The van der Waals surface area contributed by atoms with Crippen molar-refractivity contribution >= 4 is 17.3 Å². The maximum absolute atomic E-state index is 12.8. The van der Waals surface area contributed by atoms with Crippen molar-refractivity contribution in [1.82, 2.24) is 4.57 Å². The number of carbonyl (C=O) groups is 1. The number of nitro groups is 1. The first-order valence-corrected chi connectivity index (χ1v) is 5.98. The van der Waals surface area contributed by atoms with Gasteiger partial charge >= 0.3 is 6.18 Å². The van der Waals surface area contributed by atoms with E-state index in [-0.39, 0.29) is 11.4 Å². The summed E-state index contributed by atoms with van der Waals surface area (Å²) in [4.78, 5) is 21.5. The molecule has 0 aliphatic rings. The molecule has 0 saturated carbocycles. The van der Waals surface area contributed by atoms with Crippen LogP contribution < -0.4 is 5.32 Å². The largest absolute Gasteiger partial charge is 0.423 e. The molecule has 0 aliphatic heterocycles. The number of hydrogen-bond donors (Lipinski definition) is 1. The maximum Gasteiger partial charge on any atom is 0.423 e. The molecule has 1 aromatic carbocycles. The molecule has 2 rings (SSSR count). The lowest BCUT2D eigenvalue weighted by Crippen LogP contribution is -2.16. The highest BCUT2D eigenvalue weighted by atomic mass is 19.4. The fourth-order valence-electron chi connectivity index (χ4n) is 1.89. The molecule has 9 heteroatoms. The van der Waals surface area contributed by atoms with E-state index in [1.54, 1.807) is 19.3 Å². The van der Waals surface area contributed by atoms with E-state index in [1.165, 1.54) is 10.6 Å². The van der Waals surface area contributed by atoms with E-state index in [0.717, 1.165) is 6.07 Å². The van der Waals surface area contributed by atoms with Crippen molar-refractivity contribution in [2.75, 3.05) is 5.32 Å². The summed E-state index contributed by atoms with van der Waals surface area (Å²) in [5, 5.41) is 12.9. The van der Waals surface area contributed by atoms with Gasteiger partial charge in [0.1, 0.15) is 11.3 Å². The van der Waals surface area contributed by atoms with E-state index in [1.807, 2.05) is 0 Å². The summed E-state index contributed by atoms with van der Waals surface area (Å²) in [6.45, 7) is 0. The second-order valence-electron chi connectivity index (χ2n) is 4.45. The minimum Gasteiger partial charge on any atom is -0.347 e. The molecule has 2 aromatic rings. The van der Waals surface area contributed by atoms with Crippen molar-refractivity contribution in [1.29, 1.82) is 0 Å². The Bertz CT molecular complexity index is 738. The molecule has 0 bridgehead atoms. The van der Waals surface area contributed by atoms with E-state index in [2.05, 4.69) is 5.32 Å². The third-order valence-electron chi connectivity index (χ3n) is 2.93. The summed E-state index contributed by atoms with van der Waals surface area (Å²) in [6.07, 6.45) is -3.29. The van der Waals surface area contributed by atoms with Crippen LogP contribution >= 0.6 is 0 Å². The van der Waals surface area contributed by atoms with Gasteiger partial charge in [0.2, 0.25) is 0 Å². The number of hydrogen-bond acceptors (Lipinski definition) is 3. The van der Waals surface area contributed by atoms with Gasteiger partial charge in [-0.25, -0.2) is 0 Å². The average molecular weight is 313 g/mol. The van der Waals surface area contributed by atoms with Gasteiger partial charge in [0.05, 0.1) is 4.92 Å². The van der Waals surface area contributed by atoms with Gasteiger partial charge in [-0.15, -0.1) is 0 Å². The fraction of sp³-hybridized carbons (Fsp3) is 0.154. The molecule has 0 saturated heterocycles. The number of aryl methyl sites for hydroxylation is 1. The summed E-state index contributed by atoms with van der Waals surface area (Å²) in [6, 6.07) is 5.40. The SMILES string of the molecule is Cn1cccc1C(=O)Nc1ccc([N+](=O)[O-])c(C(F)(F)F)c1.